The van der Waals surface area contributed by atoms with Gasteiger partial charge in [0.15, 0.2) is 0 Å². The van der Waals surface area contributed by atoms with Crippen molar-refractivity contribution in [3.63, 3.8) is 0 Å². The molecule has 0 N–H and O–H groups in total. The SMILES string of the molecule is CCC[CH2][Sn]([CH2]CCC)([CH2]CCC)[CH2]C1COC/C1=C\C=C\c1ccccc1. The molecule has 1 aliphatic rings. The number of unbranched alkanes of at least 4 members (excludes halogenated alkanes) is 3. The van der Waals surface area contributed by atoms with E-state index < -0.39 is 18.4 Å². The van der Waals surface area contributed by atoms with Gasteiger partial charge in [-0.05, 0) is 0 Å². The summed E-state index contributed by atoms with van der Waals surface area (Å²) in [7, 11) is 0. The predicted molar refractivity (Wildman–Crippen MR) is 128 cm³/mol. The summed E-state index contributed by atoms with van der Waals surface area (Å²) < 4.78 is 12.3. The van der Waals surface area contributed by atoms with Crippen LogP contribution in [-0.2, 0) is 4.74 Å². The summed E-state index contributed by atoms with van der Waals surface area (Å²) in [6.07, 6.45) is 15.3. The molecule has 1 saturated heterocycles. The van der Waals surface area contributed by atoms with Gasteiger partial charge in [0.1, 0.15) is 0 Å². The van der Waals surface area contributed by atoms with E-state index in [0.29, 0.717) is 5.92 Å². The van der Waals surface area contributed by atoms with E-state index in [0.717, 1.165) is 13.2 Å². The van der Waals surface area contributed by atoms with Crippen LogP contribution in [0.2, 0.25) is 17.7 Å². The molecular formula is C26H42OSn. The van der Waals surface area contributed by atoms with Gasteiger partial charge in [0.05, 0.1) is 0 Å². The second kappa shape index (κ2) is 13.6. The van der Waals surface area contributed by atoms with Crippen LogP contribution >= 0.6 is 0 Å². The molecule has 2 heteroatoms. The van der Waals surface area contributed by atoms with E-state index in [-0.39, 0.29) is 0 Å². The minimum absolute atomic E-state index is 0.696. The summed E-state index contributed by atoms with van der Waals surface area (Å²) in [6, 6.07) is 10.6. The third-order valence-electron chi connectivity index (χ3n) is 6.37. The van der Waals surface area contributed by atoms with E-state index in [2.05, 4.69) is 69.3 Å². The number of hydrogen-bond donors (Lipinski definition) is 0. The zero-order chi connectivity index (χ0) is 20.1. The number of allylic oxidation sites excluding steroid dienone is 2. The fourth-order valence-corrected chi connectivity index (χ4v) is 22.0. The standard InChI is InChI=1S/C14H15O.3C4H9.Sn/c1-12-10-15-11-14(12)9-5-8-13-6-3-2-4-7-13;3*1-3-4-2;/h2-9,12H,1,10-11H2;3*1,3-4H2,2H3;/b8-5+,14-9+;;;;. The number of ether oxygens (including phenoxy) is 1. The summed E-state index contributed by atoms with van der Waals surface area (Å²) in [5, 5.41) is 0. The molecule has 1 fully saturated rings. The Kier molecular flexibility index (Phi) is 11.6. The van der Waals surface area contributed by atoms with Gasteiger partial charge >= 0.3 is 179 Å². The van der Waals surface area contributed by atoms with Crippen LogP contribution in [0.5, 0.6) is 0 Å². The molecule has 1 nitrogen and oxygen atoms in total. The first-order valence-corrected chi connectivity index (χ1v) is 19.8. The maximum atomic E-state index is 5.96. The molecule has 1 aliphatic heterocycles. The first-order chi connectivity index (χ1) is 13.7. The van der Waals surface area contributed by atoms with Crippen molar-refractivity contribution in [2.45, 2.75) is 77.0 Å². The summed E-state index contributed by atoms with van der Waals surface area (Å²) >= 11 is -2.10. The van der Waals surface area contributed by atoms with Gasteiger partial charge in [0.2, 0.25) is 0 Å². The van der Waals surface area contributed by atoms with Gasteiger partial charge in [-0.3, -0.25) is 0 Å². The fourth-order valence-electron chi connectivity index (χ4n) is 4.62. The Morgan fingerprint density at radius 3 is 2.11 bits per heavy atom. The zero-order valence-electron chi connectivity index (χ0n) is 18.6. The first-order valence-electron chi connectivity index (χ1n) is 11.7. The van der Waals surface area contributed by atoms with Crippen molar-refractivity contribution >= 4 is 24.5 Å². The van der Waals surface area contributed by atoms with E-state index in [1.165, 1.54) is 48.5 Å². The molecule has 0 amide bonds. The molecule has 1 atom stereocenters. The minimum atomic E-state index is -2.10. The maximum absolute atomic E-state index is 5.96. The Bertz CT molecular complexity index is 568. The van der Waals surface area contributed by atoms with Gasteiger partial charge in [0.25, 0.3) is 0 Å². The van der Waals surface area contributed by atoms with Crippen molar-refractivity contribution in [2.75, 3.05) is 13.2 Å². The van der Waals surface area contributed by atoms with Crippen molar-refractivity contribution in [1.29, 1.82) is 0 Å². The fraction of sp³-hybridized carbons (Fsp3) is 0.615. The van der Waals surface area contributed by atoms with E-state index in [9.17, 15) is 0 Å². The van der Waals surface area contributed by atoms with Gasteiger partial charge in [-0.25, -0.2) is 0 Å². The normalized spacial score (nSPS) is 19.1. The van der Waals surface area contributed by atoms with E-state index in [1.54, 1.807) is 18.9 Å². The molecule has 2 rings (SSSR count). The van der Waals surface area contributed by atoms with Gasteiger partial charge in [-0.15, -0.1) is 0 Å². The van der Waals surface area contributed by atoms with E-state index in [1.807, 2.05) is 0 Å². The summed E-state index contributed by atoms with van der Waals surface area (Å²) in [6.45, 7) is 8.92. The quantitative estimate of drug-likeness (QED) is 0.254. The molecule has 0 spiro atoms. The third kappa shape index (κ3) is 8.06. The van der Waals surface area contributed by atoms with Crippen LogP contribution in [0.1, 0.15) is 64.9 Å². The van der Waals surface area contributed by atoms with Gasteiger partial charge in [-0.1, -0.05) is 0 Å². The topological polar surface area (TPSA) is 9.23 Å². The Balaban J connectivity index is 2.10. The number of benzene rings is 1. The van der Waals surface area contributed by atoms with Crippen LogP contribution in [0.15, 0.2) is 48.1 Å². The Morgan fingerprint density at radius 1 is 0.929 bits per heavy atom. The molecule has 0 radical (unpaired) electrons. The Morgan fingerprint density at radius 2 is 1.54 bits per heavy atom. The molecule has 156 valence electrons. The van der Waals surface area contributed by atoms with Crippen LogP contribution < -0.4 is 0 Å². The van der Waals surface area contributed by atoms with Crippen LogP contribution in [0.4, 0.5) is 0 Å². The molecule has 28 heavy (non-hydrogen) atoms. The molecule has 0 aliphatic carbocycles. The van der Waals surface area contributed by atoms with Crippen molar-refractivity contribution in [3.8, 4) is 0 Å². The van der Waals surface area contributed by atoms with Crippen molar-refractivity contribution in [2.24, 2.45) is 5.92 Å². The molecule has 1 aromatic carbocycles. The van der Waals surface area contributed by atoms with E-state index in [4.69, 9.17) is 4.74 Å². The molecule has 0 saturated carbocycles. The molecule has 1 aromatic rings. The van der Waals surface area contributed by atoms with E-state index >= 15 is 0 Å². The Hall–Kier alpha value is -0.541. The third-order valence-corrected chi connectivity index (χ3v) is 22.4. The second-order valence-electron chi connectivity index (χ2n) is 8.74. The Labute approximate surface area is 178 Å². The van der Waals surface area contributed by atoms with Gasteiger partial charge < -0.3 is 0 Å². The van der Waals surface area contributed by atoms with Crippen molar-refractivity contribution < 1.29 is 4.74 Å². The second-order valence-corrected chi connectivity index (χ2v) is 22.7. The zero-order valence-corrected chi connectivity index (χ0v) is 21.4. The summed E-state index contributed by atoms with van der Waals surface area (Å²) in [5.41, 5.74) is 2.83. The average molecular weight is 489 g/mol. The van der Waals surface area contributed by atoms with Gasteiger partial charge in [0, 0.05) is 0 Å². The first kappa shape index (κ1) is 23.7. The van der Waals surface area contributed by atoms with Crippen LogP contribution in [-0.4, -0.2) is 31.6 Å². The molecule has 0 bridgehead atoms. The monoisotopic (exact) mass is 490 g/mol. The molecular weight excluding hydrogens is 447 g/mol. The predicted octanol–water partition coefficient (Wildman–Crippen LogP) is 8.12. The number of rotatable bonds is 13. The average Bonchev–Trinajstić information content (AvgIpc) is 3.16. The summed E-state index contributed by atoms with van der Waals surface area (Å²) in [4.78, 5) is 0. The molecule has 1 unspecified atom stereocenters. The van der Waals surface area contributed by atoms with Crippen molar-refractivity contribution in [3.05, 3.63) is 53.6 Å². The molecule has 1 heterocycles. The van der Waals surface area contributed by atoms with Crippen molar-refractivity contribution in [1.82, 2.24) is 0 Å². The summed E-state index contributed by atoms with van der Waals surface area (Å²) in [5.74, 6) is 0.696. The number of hydrogen-bond acceptors (Lipinski definition) is 1. The van der Waals surface area contributed by atoms with Crippen LogP contribution in [0.3, 0.4) is 0 Å². The van der Waals surface area contributed by atoms with Gasteiger partial charge in [-0.2, -0.15) is 0 Å². The van der Waals surface area contributed by atoms with Crippen LogP contribution in [0.25, 0.3) is 6.08 Å². The molecule has 0 aromatic heterocycles. The van der Waals surface area contributed by atoms with Crippen LogP contribution in [0, 0.1) is 5.92 Å².